The molecule has 1 aliphatic heterocycles. The Bertz CT molecular complexity index is 706. The van der Waals surface area contributed by atoms with Crippen LogP contribution in [-0.2, 0) is 0 Å². The van der Waals surface area contributed by atoms with Gasteiger partial charge in [0.2, 0.25) is 0 Å². The van der Waals surface area contributed by atoms with Crippen molar-refractivity contribution in [1.29, 1.82) is 0 Å². The third kappa shape index (κ3) is 2.87. The van der Waals surface area contributed by atoms with E-state index in [0.29, 0.717) is 23.7 Å². The Morgan fingerprint density at radius 1 is 1.41 bits per heavy atom. The van der Waals surface area contributed by atoms with E-state index in [1.807, 2.05) is 19.9 Å². The summed E-state index contributed by atoms with van der Waals surface area (Å²) in [6.07, 6.45) is 0. The van der Waals surface area contributed by atoms with Crippen molar-refractivity contribution in [2.45, 2.75) is 13.8 Å². The molecule has 0 saturated carbocycles. The Labute approximate surface area is 128 Å². The van der Waals surface area contributed by atoms with Gasteiger partial charge in [0.05, 0.1) is 5.69 Å². The number of nitrogens with one attached hydrogen (secondary N) is 2. The first kappa shape index (κ1) is 14.7. The van der Waals surface area contributed by atoms with E-state index in [1.165, 1.54) is 6.07 Å². The number of nitrogens with zero attached hydrogens (tertiary/aromatic N) is 2. The monoisotopic (exact) mass is 302 g/mol. The molecule has 1 aromatic heterocycles. The van der Waals surface area contributed by atoms with Crippen LogP contribution in [0.2, 0.25) is 0 Å². The summed E-state index contributed by atoms with van der Waals surface area (Å²) in [5, 5.41) is 10.2. The highest BCUT2D eigenvalue weighted by molar-refractivity contribution is 5.94. The van der Waals surface area contributed by atoms with Crippen molar-refractivity contribution in [3.8, 4) is 5.69 Å². The fraction of sp³-hybridized carbons (Fsp3) is 0.375. The lowest BCUT2D eigenvalue weighted by Crippen LogP contribution is -2.48. The largest absolute Gasteiger partial charge is 0.352 e. The maximum absolute atomic E-state index is 14.3. The molecule has 5 nitrogen and oxygen atoms in total. The van der Waals surface area contributed by atoms with E-state index in [4.69, 9.17) is 0 Å². The van der Waals surface area contributed by atoms with Gasteiger partial charge in [0.15, 0.2) is 0 Å². The minimum Gasteiger partial charge on any atom is -0.352 e. The molecule has 0 bridgehead atoms. The molecular weight excluding hydrogens is 283 g/mol. The lowest BCUT2D eigenvalue weighted by Gasteiger charge is -2.27. The number of carbonyl (C=O) groups is 1. The summed E-state index contributed by atoms with van der Waals surface area (Å²) in [6, 6.07) is 6.37. The molecule has 0 atom stereocenters. The zero-order valence-electron chi connectivity index (χ0n) is 12.7. The van der Waals surface area contributed by atoms with Crippen LogP contribution in [0.5, 0.6) is 0 Å². The van der Waals surface area contributed by atoms with E-state index in [2.05, 4.69) is 15.7 Å². The minimum absolute atomic E-state index is 0.245. The zero-order chi connectivity index (χ0) is 15.7. The first-order chi connectivity index (χ1) is 10.5. The maximum Gasteiger partial charge on any atom is 0.251 e. The summed E-state index contributed by atoms with van der Waals surface area (Å²) in [5.41, 5.74) is 2.36. The first-order valence-electron chi connectivity index (χ1n) is 7.36. The number of hydrogen-bond donors (Lipinski definition) is 2. The van der Waals surface area contributed by atoms with Crippen molar-refractivity contribution < 1.29 is 9.18 Å². The fourth-order valence-electron chi connectivity index (χ4n) is 2.52. The van der Waals surface area contributed by atoms with E-state index >= 15 is 0 Å². The number of carbonyl (C=O) groups excluding carboxylic acids is 1. The van der Waals surface area contributed by atoms with Gasteiger partial charge in [-0.05, 0) is 38.1 Å². The standard InChI is InChI=1S/C16H19FN4O/c1-10-5-11(2)21(20-10)15-4-3-13(6-14(15)17)16(22)19-9-12-7-18-8-12/h3-6,12,18H,7-9H2,1-2H3,(H,19,22). The average molecular weight is 302 g/mol. The zero-order valence-corrected chi connectivity index (χ0v) is 12.7. The second-order valence-electron chi connectivity index (χ2n) is 5.74. The summed E-state index contributed by atoms with van der Waals surface area (Å²) < 4.78 is 15.9. The molecular formula is C16H19FN4O. The van der Waals surface area contributed by atoms with Gasteiger partial charge < -0.3 is 10.6 Å². The van der Waals surface area contributed by atoms with E-state index in [1.54, 1.807) is 16.8 Å². The summed E-state index contributed by atoms with van der Waals surface area (Å²) in [7, 11) is 0. The number of rotatable bonds is 4. The molecule has 1 saturated heterocycles. The molecule has 3 rings (SSSR count). The predicted octanol–water partition coefficient (Wildman–Crippen LogP) is 1.58. The van der Waals surface area contributed by atoms with Gasteiger partial charge in [0.1, 0.15) is 11.5 Å². The van der Waals surface area contributed by atoms with E-state index in [-0.39, 0.29) is 5.91 Å². The van der Waals surface area contributed by atoms with Crippen LogP contribution in [0.1, 0.15) is 21.7 Å². The van der Waals surface area contributed by atoms with Crippen molar-refractivity contribution in [3.63, 3.8) is 0 Å². The topological polar surface area (TPSA) is 59.0 Å². The first-order valence-corrected chi connectivity index (χ1v) is 7.36. The molecule has 1 fully saturated rings. The van der Waals surface area contributed by atoms with E-state index < -0.39 is 5.82 Å². The van der Waals surface area contributed by atoms with E-state index in [9.17, 15) is 9.18 Å². The van der Waals surface area contributed by atoms with Crippen LogP contribution in [0.4, 0.5) is 4.39 Å². The second kappa shape index (κ2) is 5.88. The lowest BCUT2D eigenvalue weighted by molar-refractivity contribution is 0.0942. The molecule has 2 N–H and O–H groups in total. The molecule has 6 heteroatoms. The van der Waals surface area contributed by atoms with Crippen LogP contribution in [-0.4, -0.2) is 35.3 Å². The van der Waals surface area contributed by atoms with Gasteiger partial charge in [-0.15, -0.1) is 0 Å². The Morgan fingerprint density at radius 3 is 2.73 bits per heavy atom. The predicted molar refractivity (Wildman–Crippen MR) is 81.7 cm³/mol. The highest BCUT2D eigenvalue weighted by atomic mass is 19.1. The highest BCUT2D eigenvalue weighted by Crippen LogP contribution is 2.17. The van der Waals surface area contributed by atoms with Gasteiger partial charge >= 0.3 is 0 Å². The van der Waals surface area contributed by atoms with Crippen molar-refractivity contribution in [2.75, 3.05) is 19.6 Å². The Hall–Kier alpha value is -2.21. The van der Waals surface area contributed by atoms with Gasteiger partial charge in [0.25, 0.3) is 5.91 Å². The molecule has 116 valence electrons. The third-order valence-corrected chi connectivity index (χ3v) is 3.86. The Balaban J connectivity index is 1.76. The molecule has 0 aliphatic carbocycles. The van der Waals surface area contributed by atoms with Crippen LogP contribution in [0.15, 0.2) is 24.3 Å². The van der Waals surface area contributed by atoms with Gasteiger partial charge in [0, 0.05) is 36.8 Å². The van der Waals surface area contributed by atoms with Crippen LogP contribution in [0.3, 0.4) is 0 Å². The van der Waals surface area contributed by atoms with Gasteiger partial charge in [-0.1, -0.05) is 0 Å². The summed E-state index contributed by atoms with van der Waals surface area (Å²) >= 11 is 0. The van der Waals surface area contributed by atoms with Crippen molar-refractivity contribution in [1.82, 2.24) is 20.4 Å². The number of hydrogen-bond acceptors (Lipinski definition) is 3. The summed E-state index contributed by atoms with van der Waals surface area (Å²) in [4.78, 5) is 12.0. The molecule has 2 heterocycles. The van der Waals surface area contributed by atoms with E-state index in [0.717, 1.165) is 24.5 Å². The summed E-state index contributed by atoms with van der Waals surface area (Å²) in [6.45, 7) is 6.19. The summed E-state index contributed by atoms with van der Waals surface area (Å²) in [5.74, 6) is -0.224. The molecule has 2 aromatic rings. The number of benzene rings is 1. The van der Waals surface area contributed by atoms with Gasteiger partial charge in [-0.2, -0.15) is 5.10 Å². The number of amides is 1. The molecule has 0 unspecified atom stereocenters. The lowest BCUT2D eigenvalue weighted by atomic mass is 10.0. The molecule has 1 aromatic carbocycles. The Morgan fingerprint density at radius 2 is 2.18 bits per heavy atom. The van der Waals surface area contributed by atoms with Crippen molar-refractivity contribution in [2.24, 2.45) is 5.92 Å². The minimum atomic E-state index is -0.454. The quantitative estimate of drug-likeness (QED) is 0.901. The van der Waals surface area contributed by atoms with Crippen molar-refractivity contribution in [3.05, 3.63) is 47.0 Å². The third-order valence-electron chi connectivity index (χ3n) is 3.86. The van der Waals surface area contributed by atoms with Gasteiger partial charge in [-0.3, -0.25) is 4.79 Å². The van der Waals surface area contributed by atoms with Crippen LogP contribution < -0.4 is 10.6 Å². The number of aromatic nitrogens is 2. The maximum atomic E-state index is 14.3. The van der Waals surface area contributed by atoms with Crippen LogP contribution in [0, 0.1) is 25.6 Å². The normalized spacial score (nSPS) is 14.7. The van der Waals surface area contributed by atoms with Crippen LogP contribution >= 0.6 is 0 Å². The molecule has 0 spiro atoms. The smallest absolute Gasteiger partial charge is 0.251 e. The number of aryl methyl sites for hydroxylation is 2. The average Bonchev–Trinajstić information content (AvgIpc) is 2.75. The Kier molecular flexibility index (Phi) is 3.94. The fourth-order valence-corrected chi connectivity index (χ4v) is 2.52. The van der Waals surface area contributed by atoms with Crippen molar-refractivity contribution >= 4 is 5.91 Å². The molecule has 1 aliphatic rings. The van der Waals surface area contributed by atoms with Crippen LogP contribution in [0.25, 0.3) is 5.69 Å². The second-order valence-corrected chi connectivity index (χ2v) is 5.74. The van der Waals surface area contributed by atoms with Gasteiger partial charge in [-0.25, -0.2) is 9.07 Å². The molecule has 1 amide bonds. The highest BCUT2D eigenvalue weighted by Gasteiger charge is 2.18. The molecule has 22 heavy (non-hydrogen) atoms. The molecule has 0 radical (unpaired) electrons. The number of halogens is 1. The SMILES string of the molecule is Cc1cc(C)n(-c2ccc(C(=O)NCC3CNC3)cc2F)n1.